The molecule has 3 aromatic rings. The molecule has 0 heterocycles. The van der Waals surface area contributed by atoms with Crippen LogP contribution in [-0.4, -0.2) is 18.5 Å². The number of urea groups is 1. The number of amides is 3. The SMILES string of the molecule is CCNC(=O)NC(=O)[C@@H](Oc1ccc(-c2ccc(C#N)cc2)cc1)c1ccccc1. The van der Waals surface area contributed by atoms with Crippen molar-refractivity contribution in [2.24, 2.45) is 0 Å². The molecule has 0 fully saturated rings. The van der Waals surface area contributed by atoms with E-state index in [9.17, 15) is 9.59 Å². The molecule has 0 saturated carbocycles. The van der Waals surface area contributed by atoms with Crippen molar-refractivity contribution in [2.45, 2.75) is 13.0 Å². The van der Waals surface area contributed by atoms with Crippen LogP contribution >= 0.6 is 0 Å². The zero-order chi connectivity index (χ0) is 21.3. The van der Waals surface area contributed by atoms with E-state index in [-0.39, 0.29) is 0 Å². The van der Waals surface area contributed by atoms with Gasteiger partial charge in [-0.25, -0.2) is 4.79 Å². The normalized spacial score (nSPS) is 11.1. The molecule has 0 saturated heterocycles. The van der Waals surface area contributed by atoms with Crippen molar-refractivity contribution < 1.29 is 14.3 Å². The molecule has 0 aliphatic rings. The minimum atomic E-state index is -0.977. The van der Waals surface area contributed by atoms with Crippen LogP contribution in [0.4, 0.5) is 4.79 Å². The predicted molar refractivity (Wildman–Crippen MR) is 114 cm³/mol. The third kappa shape index (κ3) is 5.24. The molecule has 0 unspecified atom stereocenters. The fourth-order valence-electron chi connectivity index (χ4n) is 2.88. The van der Waals surface area contributed by atoms with Gasteiger partial charge < -0.3 is 10.1 Å². The molecule has 2 N–H and O–H groups in total. The van der Waals surface area contributed by atoms with E-state index in [0.29, 0.717) is 23.4 Å². The van der Waals surface area contributed by atoms with E-state index in [1.807, 2.05) is 30.3 Å². The van der Waals surface area contributed by atoms with Crippen molar-refractivity contribution >= 4 is 11.9 Å². The van der Waals surface area contributed by atoms with Crippen LogP contribution in [0.25, 0.3) is 11.1 Å². The van der Waals surface area contributed by atoms with Gasteiger partial charge in [0.05, 0.1) is 11.6 Å². The number of carbonyl (C=O) groups excluding carboxylic acids is 2. The molecule has 6 nitrogen and oxygen atoms in total. The highest BCUT2D eigenvalue weighted by Gasteiger charge is 2.24. The first-order chi connectivity index (χ1) is 14.6. The summed E-state index contributed by atoms with van der Waals surface area (Å²) in [6.45, 7) is 2.18. The van der Waals surface area contributed by atoms with E-state index in [0.717, 1.165) is 11.1 Å². The molecule has 3 aromatic carbocycles. The highest BCUT2D eigenvalue weighted by Crippen LogP contribution is 2.26. The number of carbonyl (C=O) groups is 2. The molecular weight excluding hydrogens is 378 g/mol. The fourth-order valence-corrected chi connectivity index (χ4v) is 2.88. The summed E-state index contributed by atoms with van der Waals surface area (Å²) in [7, 11) is 0. The number of hydrogen-bond donors (Lipinski definition) is 2. The number of benzene rings is 3. The number of rotatable bonds is 6. The van der Waals surface area contributed by atoms with Gasteiger partial charge in [0.2, 0.25) is 6.10 Å². The lowest BCUT2D eigenvalue weighted by molar-refractivity contribution is -0.127. The Kier molecular flexibility index (Phi) is 6.80. The molecule has 1 atom stereocenters. The Hall–Kier alpha value is -4.11. The third-order valence-electron chi connectivity index (χ3n) is 4.37. The monoisotopic (exact) mass is 399 g/mol. The summed E-state index contributed by atoms with van der Waals surface area (Å²) in [6.07, 6.45) is -0.977. The predicted octanol–water partition coefficient (Wildman–Crippen LogP) is 4.19. The largest absolute Gasteiger partial charge is 0.476 e. The second kappa shape index (κ2) is 9.89. The van der Waals surface area contributed by atoms with E-state index < -0.39 is 18.0 Å². The second-order valence-corrected chi connectivity index (χ2v) is 6.47. The average molecular weight is 399 g/mol. The first kappa shape index (κ1) is 20.6. The standard InChI is InChI=1S/C24H21N3O3/c1-2-26-24(29)27-23(28)22(20-6-4-3-5-7-20)30-21-14-12-19(13-15-21)18-10-8-17(16-25)9-11-18/h3-15,22H,2H2,1H3,(H2,26,27,28,29)/t22-/m0/s1. The van der Waals surface area contributed by atoms with Crippen molar-refractivity contribution in [3.05, 3.63) is 90.0 Å². The smallest absolute Gasteiger partial charge is 0.321 e. The molecule has 0 spiro atoms. The summed E-state index contributed by atoms with van der Waals surface area (Å²) in [5.41, 5.74) is 3.15. The number of ether oxygens (including phenoxy) is 1. The summed E-state index contributed by atoms with van der Waals surface area (Å²) in [5, 5.41) is 13.8. The van der Waals surface area contributed by atoms with Gasteiger partial charge in [-0.05, 0) is 42.3 Å². The Labute approximate surface area is 175 Å². The van der Waals surface area contributed by atoms with Crippen molar-refractivity contribution in [1.29, 1.82) is 5.26 Å². The van der Waals surface area contributed by atoms with E-state index >= 15 is 0 Å². The average Bonchev–Trinajstić information content (AvgIpc) is 2.78. The topological polar surface area (TPSA) is 91.2 Å². The van der Waals surface area contributed by atoms with E-state index in [1.54, 1.807) is 55.5 Å². The van der Waals surface area contributed by atoms with E-state index in [4.69, 9.17) is 10.00 Å². The maximum atomic E-state index is 12.7. The Morgan fingerprint density at radius 2 is 1.53 bits per heavy atom. The van der Waals surface area contributed by atoms with Crippen molar-refractivity contribution in [3.8, 4) is 22.9 Å². The van der Waals surface area contributed by atoms with Crippen LogP contribution in [0.5, 0.6) is 5.75 Å². The van der Waals surface area contributed by atoms with Crippen molar-refractivity contribution in [3.63, 3.8) is 0 Å². The first-order valence-electron chi connectivity index (χ1n) is 9.51. The summed E-state index contributed by atoms with van der Waals surface area (Å²) in [6, 6.07) is 25.1. The zero-order valence-corrected chi connectivity index (χ0v) is 16.5. The molecule has 3 rings (SSSR count). The van der Waals surface area contributed by atoms with Crippen LogP contribution in [0, 0.1) is 11.3 Å². The third-order valence-corrected chi connectivity index (χ3v) is 4.37. The number of hydrogen-bond acceptors (Lipinski definition) is 4. The number of nitrogens with one attached hydrogen (secondary N) is 2. The van der Waals surface area contributed by atoms with Crippen molar-refractivity contribution in [2.75, 3.05) is 6.54 Å². The number of nitrogens with zero attached hydrogens (tertiary/aromatic N) is 1. The molecule has 0 aromatic heterocycles. The maximum Gasteiger partial charge on any atom is 0.321 e. The Morgan fingerprint density at radius 1 is 0.933 bits per heavy atom. The van der Waals surface area contributed by atoms with Crippen LogP contribution in [0.1, 0.15) is 24.2 Å². The van der Waals surface area contributed by atoms with Gasteiger partial charge in [0.15, 0.2) is 0 Å². The van der Waals surface area contributed by atoms with Gasteiger partial charge in [0.1, 0.15) is 5.75 Å². The summed E-state index contributed by atoms with van der Waals surface area (Å²) >= 11 is 0. The van der Waals surface area contributed by atoms with Gasteiger partial charge in [-0.2, -0.15) is 5.26 Å². The molecule has 0 radical (unpaired) electrons. The molecule has 30 heavy (non-hydrogen) atoms. The minimum absolute atomic E-state index is 0.410. The lowest BCUT2D eigenvalue weighted by atomic mass is 10.0. The molecule has 0 aliphatic heterocycles. The zero-order valence-electron chi connectivity index (χ0n) is 16.5. The van der Waals surface area contributed by atoms with E-state index in [2.05, 4.69) is 16.7 Å². The van der Waals surface area contributed by atoms with Gasteiger partial charge in [-0.1, -0.05) is 54.6 Å². The summed E-state index contributed by atoms with van der Waals surface area (Å²) in [5.74, 6) is -0.0596. The van der Waals surface area contributed by atoms with Gasteiger partial charge in [-0.15, -0.1) is 0 Å². The second-order valence-electron chi connectivity index (χ2n) is 6.47. The number of nitriles is 1. The fraction of sp³-hybridized carbons (Fsp3) is 0.125. The van der Waals surface area contributed by atoms with Crippen molar-refractivity contribution in [1.82, 2.24) is 10.6 Å². The summed E-state index contributed by atoms with van der Waals surface area (Å²) in [4.78, 5) is 24.4. The Bertz CT molecular complexity index is 1040. The highest BCUT2D eigenvalue weighted by molar-refractivity contribution is 5.97. The molecule has 0 bridgehead atoms. The van der Waals surface area contributed by atoms with Gasteiger partial charge in [-0.3, -0.25) is 10.1 Å². The van der Waals surface area contributed by atoms with Crippen LogP contribution in [0.2, 0.25) is 0 Å². The van der Waals surface area contributed by atoms with E-state index in [1.165, 1.54) is 0 Å². The molecule has 150 valence electrons. The maximum absolute atomic E-state index is 12.7. The van der Waals surface area contributed by atoms with Crippen LogP contribution in [0.3, 0.4) is 0 Å². The molecular formula is C24H21N3O3. The van der Waals surface area contributed by atoms with Gasteiger partial charge in [0.25, 0.3) is 5.91 Å². The first-order valence-corrected chi connectivity index (χ1v) is 9.51. The lowest BCUT2D eigenvalue weighted by Crippen LogP contribution is -2.42. The Morgan fingerprint density at radius 3 is 2.10 bits per heavy atom. The lowest BCUT2D eigenvalue weighted by Gasteiger charge is -2.19. The molecule has 3 amide bonds. The van der Waals surface area contributed by atoms with Crippen LogP contribution in [0.15, 0.2) is 78.9 Å². The minimum Gasteiger partial charge on any atom is -0.476 e. The Balaban J connectivity index is 1.79. The van der Waals surface area contributed by atoms with Crippen LogP contribution < -0.4 is 15.4 Å². The van der Waals surface area contributed by atoms with Crippen LogP contribution in [-0.2, 0) is 4.79 Å². The molecule has 6 heteroatoms. The summed E-state index contributed by atoms with van der Waals surface area (Å²) < 4.78 is 5.93. The quantitative estimate of drug-likeness (QED) is 0.650. The highest BCUT2D eigenvalue weighted by atomic mass is 16.5. The number of imide groups is 1. The van der Waals surface area contributed by atoms with Gasteiger partial charge in [0, 0.05) is 12.1 Å². The van der Waals surface area contributed by atoms with Gasteiger partial charge >= 0.3 is 6.03 Å². The molecule has 0 aliphatic carbocycles.